The van der Waals surface area contributed by atoms with E-state index >= 15 is 0 Å². The van der Waals surface area contributed by atoms with E-state index in [1.54, 1.807) is 43.0 Å². The van der Waals surface area contributed by atoms with Gasteiger partial charge in [-0.3, -0.25) is 28.9 Å². The highest BCUT2D eigenvalue weighted by Gasteiger charge is 2.44. The largest absolute Gasteiger partial charge is 0.445 e. The number of carbonyl (C=O) groups excluding carboxylic acids is 7. The molecule has 0 aliphatic carbocycles. The number of hydrogen-bond acceptors (Lipinski definition) is 8. The van der Waals surface area contributed by atoms with E-state index in [0.717, 1.165) is 0 Å². The number of benzene rings is 1. The molecule has 2 aliphatic rings. The summed E-state index contributed by atoms with van der Waals surface area (Å²) in [5.74, 6) is -2.15. The van der Waals surface area contributed by atoms with Crippen LogP contribution in [0.5, 0.6) is 0 Å². The lowest BCUT2D eigenvalue weighted by Crippen LogP contribution is -2.57. The lowest BCUT2D eigenvalue weighted by Gasteiger charge is -2.45. The molecule has 2 aliphatic heterocycles. The molecule has 3 rings (SSSR count). The highest BCUT2D eigenvalue weighted by Crippen LogP contribution is 2.36. The Morgan fingerprint density at radius 1 is 0.887 bits per heavy atom. The first-order chi connectivity index (χ1) is 24.7. The third kappa shape index (κ3) is 12.7. The highest BCUT2D eigenvalue weighted by atomic mass is 16.6. The Morgan fingerprint density at radius 2 is 1.53 bits per heavy atom. The number of urea groups is 1. The Labute approximate surface area is 312 Å². The van der Waals surface area contributed by atoms with Crippen LogP contribution in [0.25, 0.3) is 0 Å². The van der Waals surface area contributed by atoms with Gasteiger partial charge in [0.2, 0.25) is 29.5 Å². The number of nitrogens with zero attached hydrogens (tertiary/aromatic N) is 2. The van der Waals surface area contributed by atoms with Crippen molar-refractivity contribution in [2.45, 2.75) is 106 Å². The molecular weight excluding hydrogens is 682 g/mol. The molecule has 2 fully saturated rings. The molecule has 0 aromatic heterocycles. The van der Waals surface area contributed by atoms with Crippen molar-refractivity contribution in [3.8, 4) is 0 Å². The van der Waals surface area contributed by atoms with E-state index in [9.17, 15) is 33.6 Å². The second kappa shape index (κ2) is 18.4. The lowest BCUT2D eigenvalue weighted by molar-refractivity contribution is -0.140. The van der Waals surface area contributed by atoms with Crippen LogP contribution in [0.2, 0.25) is 0 Å². The molecule has 3 atom stereocenters. The number of anilines is 1. The molecule has 1 aromatic rings. The van der Waals surface area contributed by atoms with Gasteiger partial charge in [0.15, 0.2) is 0 Å². The number of likely N-dealkylation sites (tertiary alicyclic amines) is 2. The van der Waals surface area contributed by atoms with Crippen LogP contribution in [0.1, 0.15) is 93.1 Å². The maximum Gasteiger partial charge on any atom is 0.410 e. The summed E-state index contributed by atoms with van der Waals surface area (Å²) in [4.78, 5) is 91.4. The average molecular weight is 742 g/mol. The van der Waals surface area contributed by atoms with Crippen LogP contribution in [-0.4, -0.2) is 89.7 Å². The second-order valence-electron chi connectivity index (χ2n) is 16.6. The van der Waals surface area contributed by atoms with Crippen LogP contribution in [0.4, 0.5) is 15.3 Å². The van der Waals surface area contributed by atoms with Gasteiger partial charge in [-0.15, -0.1) is 0 Å². The molecule has 2 heterocycles. The number of primary amides is 1. The zero-order valence-electron chi connectivity index (χ0n) is 32.5. The summed E-state index contributed by atoms with van der Waals surface area (Å²) in [6.07, 6.45) is 1.62. The molecule has 53 heavy (non-hydrogen) atoms. The quantitative estimate of drug-likeness (QED) is 0.125. The summed E-state index contributed by atoms with van der Waals surface area (Å²) in [6, 6.07) is 3.57. The van der Waals surface area contributed by atoms with Gasteiger partial charge in [-0.25, -0.2) is 9.59 Å². The number of hydrogen-bond donors (Lipinski definition) is 5. The van der Waals surface area contributed by atoms with E-state index in [2.05, 4.69) is 42.0 Å². The summed E-state index contributed by atoms with van der Waals surface area (Å²) < 4.78 is 5.44. The summed E-state index contributed by atoms with van der Waals surface area (Å²) in [7, 11) is 0. The molecule has 0 saturated carbocycles. The molecule has 294 valence electrons. The SMILES string of the molecule is CC(C)[C@H](NC(=O)CCCCCN1C(=O)CC(C(C)(C)C)C1=O)C(=O)N[C@@H](CNC(N)=O)C(=O)Nc1ccc(COC(=O)N2CC(C(C)(C)C)C2)cc1. The van der Waals surface area contributed by atoms with Crippen molar-refractivity contribution < 1.29 is 38.3 Å². The Bertz CT molecular complexity index is 1490. The fraction of sp³-hybridized carbons (Fsp3) is 0.658. The number of unbranched alkanes of at least 4 members (excludes halogenated alkanes) is 2. The van der Waals surface area contributed by atoms with Crippen LogP contribution < -0.4 is 27.0 Å². The Morgan fingerprint density at radius 3 is 2.08 bits per heavy atom. The molecule has 0 spiro atoms. The van der Waals surface area contributed by atoms with Crippen LogP contribution in [0.3, 0.4) is 0 Å². The topological polar surface area (TPSA) is 209 Å². The molecule has 15 nitrogen and oxygen atoms in total. The zero-order chi connectivity index (χ0) is 39.7. The third-order valence-electron chi connectivity index (χ3n) is 9.90. The first-order valence-corrected chi connectivity index (χ1v) is 18.5. The average Bonchev–Trinajstić information content (AvgIpc) is 3.32. The van der Waals surface area contributed by atoms with Gasteiger partial charge >= 0.3 is 12.1 Å². The number of nitrogens with two attached hydrogens (primary N) is 1. The van der Waals surface area contributed by atoms with Gasteiger partial charge in [-0.2, -0.15) is 0 Å². The van der Waals surface area contributed by atoms with Crippen LogP contribution in [0, 0.1) is 28.6 Å². The summed E-state index contributed by atoms with van der Waals surface area (Å²) in [5, 5.41) is 10.4. The highest BCUT2D eigenvalue weighted by molar-refractivity contribution is 6.04. The predicted octanol–water partition coefficient (Wildman–Crippen LogP) is 3.52. The third-order valence-corrected chi connectivity index (χ3v) is 9.90. The summed E-state index contributed by atoms with van der Waals surface area (Å²) in [6.45, 7) is 17.2. The van der Waals surface area contributed by atoms with Crippen LogP contribution >= 0.6 is 0 Å². The Kier molecular flexibility index (Phi) is 14.8. The van der Waals surface area contributed by atoms with Gasteiger partial charge in [-0.05, 0) is 53.2 Å². The molecule has 1 aromatic carbocycles. The summed E-state index contributed by atoms with van der Waals surface area (Å²) in [5.41, 5.74) is 6.19. The van der Waals surface area contributed by atoms with Crippen molar-refractivity contribution in [3.63, 3.8) is 0 Å². The smallest absolute Gasteiger partial charge is 0.410 e. The molecule has 0 bridgehead atoms. The molecule has 8 amide bonds. The van der Waals surface area contributed by atoms with Gasteiger partial charge < -0.3 is 36.6 Å². The predicted molar refractivity (Wildman–Crippen MR) is 199 cm³/mol. The lowest BCUT2D eigenvalue weighted by atomic mass is 9.76. The molecule has 1 unspecified atom stereocenters. The van der Waals surface area contributed by atoms with Crippen molar-refractivity contribution in [3.05, 3.63) is 29.8 Å². The number of ether oxygens (including phenoxy) is 1. The van der Waals surface area contributed by atoms with E-state index in [4.69, 9.17) is 10.5 Å². The fourth-order valence-electron chi connectivity index (χ4n) is 6.11. The Hall–Kier alpha value is -4.69. The zero-order valence-corrected chi connectivity index (χ0v) is 32.5. The van der Waals surface area contributed by atoms with Gasteiger partial charge in [0.1, 0.15) is 18.7 Å². The molecule has 15 heteroatoms. The number of imide groups is 1. The van der Waals surface area contributed by atoms with E-state index < -0.39 is 29.9 Å². The second-order valence-corrected chi connectivity index (χ2v) is 16.6. The van der Waals surface area contributed by atoms with Gasteiger partial charge in [-0.1, -0.05) is 73.9 Å². The van der Waals surface area contributed by atoms with E-state index in [0.29, 0.717) is 56.1 Å². The van der Waals surface area contributed by atoms with Crippen LogP contribution in [0.15, 0.2) is 24.3 Å². The maximum atomic E-state index is 13.4. The minimum atomic E-state index is -1.23. The molecule has 2 saturated heterocycles. The van der Waals surface area contributed by atoms with Crippen molar-refractivity contribution >= 4 is 47.3 Å². The van der Waals surface area contributed by atoms with Gasteiger partial charge in [0.25, 0.3) is 0 Å². The minimum Gasteiger partial charge on any atom is -0.445 e. The first-order valence-electron chi connectivity index (χ1n) is 18.5. The standard InChI is InChI=1S/C38H59N7O8/c1-23(2)31(43-29(46)12-10-9-11-17-45-30(47)18-27(34(45)50)38(6,7)8)33(49)42-28(19-40-35(39)51)32(48)41-26-15-13-24(14-16-26)22-53-36(52)44-20-25(21-44)37(3,4)5/h13-16,23,25,27-28,31H,9-12,17-22H2,1-8H3,(H,41,48)(H,42,49)(H,43,46)(H3,39,40,51)/t27?,28-,31-/m0/s1. The number of amides is 8. The number of carbonyl (C=O) groups is 7. The van der Waals surface area contributed by atoms with Gasteiger partial charge in [0.05, 0.1) is 5.92 Å². The molecular formula is C38H59N7O8. The van der Waals surface area contributed by atoms with E-state index in [1.165, 1.54) is 4.90 Å². The monoisotopic (exact) mass is 741 g/mol. The minimum absolute atomic E-state index is 0.0614. The normalized spacial score (nSPS) is 17.6. The van der Waals surface area contributed by atoms with Crippen molar-refractivity contribution in [1.82, 2.24) is 25.8 Å². The van der Waals surface area contributed by atoms with E-state index in [-0.39, 0.29) is 72.5 Å². The summed E-state index contributed by atoms with van der Waals surface area (Å²) >= 11 is 0. The van der Waals surface area contributed by atoms with Crippen molar-refractivity contribution in [1.29, 1.82) is 0 Å². The fourth-order valence-corrected chi connectivity index (χ4v) is 6.11. The maximum absolute atomic E-state index is 13.4. The van der Waals surface area contributed by atoms with E-state index in [1.807, 2.05) is 20.8 Å². The van der Waals surface area contributed by atoms with Crippen molar-refractivity contribution in [2.75, 3.05) is 31.5 Å². The molecule has 0 radical (unpaired) electrons. The number of rotatable bonds is 16. The first kappa shape index (κ1) is 42.7. The Balaban J connectivity index is 1.48. The van der Waals surface area contributed by atoms with Gasteiger partial charge in [0, 0.05) is 44.7 Å². The molecule has 6 N–H and O–H groups in total. The van der Waals surface area contributed by atoms with Crippen molar-refractivity contribution in [2.24, 2.45) is 34.3 Å². The van der Waals surface area contributed by atoms with Crippen LogP contribution in [-0.2, 0) is 35.3 Å². The number of nitrogens with one attached hydrogen (secondary N) is 4.